The van der Waals surface area contributed by atoms with Gasteiger partial charge in [0.25, 0.3) is 5.92 Å². The molecule has 0 radical (unpaired) electrons. The molecule has 74 valence electrons. The number of carboxylic acid groups (broad SMARTS) is 1. The fraction of sp³-hybridized carbons (Fsp3) is 0.889. The molecule has 13 heavy (non-hydrogen) atoms. The normalized spacial score (nSPS) is 40.9. The molecule has 0 heterocycles. The molecular weight excluding hydrogens is 178 g/mol. The van der Waals surface area contributed by atoms with Crippen LogP contribution in [0.1, 0.15) is 32.1 Å². The second kappa shape index (κ2) is 2.42. The average Bonchev–Trinajstić information content (AvgIpc) is 2.48. The van der Waals surface area contributed by atoms with Crippen molar-refractivity contribution in [3.8, 4) is 0 Å². The number of hydrogen-bond acceptors (Lipinski definition) is 1. The zero-order valence-corrected chi connectivity index (χ0v) is 7.22. The van der Waals surface area contributed by atoms with E-state index >= 15 is 0 Å². The minimum absolute atomic E-state index is 0.356. The van der Waals surface area contributed by atoms with E-state index in [0.29, 0.717) is 12.8 Å². The Hall–Kier alpha value is -0.670. The van der Waals surface area contributed by atoms with E-state index < -0.39 is 23.2 Å². The lowest BCUT2D eigenvalue weighted by molar-refractivity contribution is -0.139. The molecule has 4 heteroatoms. The Morgan fingerprint density at radius 2 is 2.15 bits per heavy atom. The molecule has 0 amide bonds. The Balaban J connectivity index is 2.16. The number of carboxylic acids is 1. The lowest BCUT2D eigenvalue weighted by atomic mass is 9.86. The van der Waals surface area contributed by atoms with E-state index in [-0.39, 0.29) is 6.42 Å². The van der Waals surface area contributed by atoms with E-state index in [9.17, 15) is 13.6 Å². The highest BCUT2D eigenvalue weighted by Gasteiger charge is 2.80. The molecule has 2 aliphatic carbocycles. The quantitative estimate of drug-likeness (QED) is 0.725. The van der Waals surface area contributed by atoms with Crippen LogP contribution in [-0.2, 0) is 4.79 Å². The number of aliphatic carboxylic acids is 1. The van der Waals surface area contributed by atoms with Crippen LogP contribution in [0.5, 0.6) is 0 Å². The fourth-order valence-corrected chi connectivity index (χ4v) is 2.78. The van der Waals surface area contributed by atoms with Crippen LogP contribution < -0.4 is 0 Å². The van der Waals surface area contributed by atoms with E-state index in [1.54, 1.807) is 0 Å². The van der Waals surface area contributed by atoms with Gasteiger partial charge in [0.2, 0.25) is 0 Å². The van der Waals surface area contributed by atoms with Gasteiger partial charge in [-0.15, -0.1) is 0 Å². The van der Waals surface area contributed by atoms with Crippen molar-refractivity contribution in [3.63, 3.8) is 0 Å². The van der Waals surface area contributed by atoms with Gasteiger partial charge in [0.1, 0.15) is 0 Å². The van der Waals surface area contributed by atoms with E-state index in [2.05, 4.69) is 0 Å². The van der Waals surface area contributed by atoms with Crippen molar-refractivity contribution >= 4 is 5.97 Å². The number of fused-ring (bicyclic) bond motifs is 1. The summed E-state index contributed by atoms with van der Waals surface area (Å²) in [6.07, 6.45) is 2.10. The fourth-order valence-electron chi connectivity index (χ4n) is 2.78. The Kier molecular flexibility index (Phi) is 1.66. The van der Waals surface area contributed by atoms with Gasteiger partial charge in [-0.2, -0.15) is 0 Å². The summed E-state index contributed by atoms with van der Waals surface area (Å²) in [6, 6.07) is 0. The van der Waals surface area contributed by atoms with Crippen molar-refractivity contribution in [1.82, 2.24) is 0 Å². The highest BCUT2D eigenvalue weighted by Crippen LogP contribution is 2.73. The van der Waals surface area contributed by atoms with Gasteiger partial charge in [-0.25, -0.2) is 8.78 Å². The minimum atomic E-state index is -2.71. The summed E-state index contributed by atoms with van der Waals surface area (Å²) >= 11 is 0. The SMILES string of the molecule is O=C(O)C[C@]12CCCC[C@@H]1C2(F)F. The van der Waals surface area contributed by atoms with Gasteiger partial charge < -0.3 is 5.11 Å². The van der Waals surface area contributed by atoms with Crippen LogP contribution in [0.3, 0.4) is 0 Å². The summed E-state index contributed by atoms with van der Waals surface area (Å²) in [6.45, 7) is 0. The number of carbonyl (C=O) groups is 1. The van der Waals surface area contributed by atoms with Crippen LogP contribution in [0.15, 0.2) is 0 Å². The first-order valence-corrected chi connectivity index (χ1v) is 4.60. The Labute approximate surface area is 74.9 Å². The van der Waals surface area contributed by atoms with Gasteiger partial charge in [0.15, 0.2) is 0 Å². The van der Waals surface area contributed by atoms with Gasteiger partial charge in [0.05, 0.1) is 11.8 Å². The van der Waals surface area contributed by atoms with Crippen LogP contribution in [0, 0.1) is 11.3 Å². The van der Waals surface area contributed by atoms with Crippen LogP contribution in [0.4, 0.5) is 8.78 Å². The predicted molar refractivity (Wildman–Crippen MR) is 41.6 cm³/mol. The molecule has 2 fully saturated rings. The molecule has 2 saturated carbocycles. The van der Waals surface area contributed by atoms with Crippen molar-refractivity contribution in [2.45, 2.75) is 38.0 Å². The first-order chi connectivity index (χ1) is 6.01. The number of hydrogen-bond donors (Lipinski definition) is 1. The first kappa shape index (κ1) is 8.91. The highest BCUT2D eigenvalue weighted by molar-refractivity contribution is 5.69. The molecular formula is C9H12F2O2. The van der Waals surface area contributed by atoms with E-state index in [4.69, 9.17) is 5.11 Å². The molecule has 0 aromatic heterocycles. The summed E-state index contributed by atoms with van der Waals surface area (Å²) in [7, 11) is 0. The molecule has 2 rings (SSSR count). The second-order valence-electron chi connectivity index (χ2n) is 4.15. The largest absolute Gasteiger partial charge is 0.481 e. The summed E-state index contributed by atoms with van der Waals surface area (Å²) in [4.78, 5) is 10.5. The van der Waals surface area contributed by atoms with Crippen LogP contribution >= 0.6 is 0 Å². The maximum atomic E-state index is 13.3. The van der Waals surface area contributed by atoms with Crippen molar-refractivity contribution in [1.29, 1.82) is 0 Å². The molecule has 0 aromatic carbocycles. The molecule has 0 saturated heterocycles. The Morgan fingerprint density at radius 3 is 2.69 bits per heavy atom. The lowest BCUT2D eigenvalue weighted by Crippen LogP contribution is -2.17. The number of halogens is 2. The third-order valence-electron chi connectivity index (χ3n) is 3.52. The number of alkyl halides is 2. The average molecular weight is 190 g/mol. The molecule has 0 unspecified atom stereocenters. The van der Waals surface area contributed by atoms with Crippen LogP contribution in [0.25, 0.3) is 0 Å². The lowest BCUT2D eigenvalue weighted by Gasteiger charge is -2.17. The summed E-state index contributed by atoms with van der Waals surface area (Å²) in [5, 5.41) is 8.56. The van der Waals surface area contributed by atoms with Crippen molar-refractivity contribution in [2.75, 3.05) is 0 Å². The highest BCUT2D eigenvalue weighted by atomic mass is 19.3. The third kappa shape index (κ3) is 1.00. The number of rotatable bonds is 2. The zero-order valence-electron chi connectivity index (χ0n) is 7.22. The summed E-state index contributed by atoms with van der Waals surface area (Å²) in [5.74, 6) is -4.45. The topological polar surface area (TPSA) is 37.3 Å². The summed E-state index contributed by atoms with van der Waals surface area (Å²) in [5.41, 5.74) is -1.17. The van der Waals surface area contributed by atoms with Crippen LogP contribution in [0.2, 0.25) is 0 Å². The van der Waals surface area contributed by atoms with Gasteiger partial charge >= 0.3 is 5.97 Å². The maximum absolute atomic E-state index is 13.3. The molecule has 1 N–H and O–H groups in total. The molecule has 0 spiro atoms. The van der Waals surface area contributed by atoms with Gasteiger partial charge in [-0.05, 0) is 12.8 Å². The standard InChI is InChI=1S/C9H12F2O2/c10-9(11)6-3-1-2-4-8(6,9)5-7(12)13/h6H,1-5H2,(H,12,13)/t6-,8+/m0/s1. The minimum Gasteiger partial charge on any atom is -0.481 e. The van der Waals surface area contributed by atoms with Gasteiger partial charge in [-0.3, -0.25) is 4.79 Å². The third-order valence-corrected chi connectivity index (χ3v) is 3.52. The van der Waals surface area contributed by atoms with Gasteiger partial charge in [-0.1, -0.05) is 12.8 Å². The Bertz CT molecular complexity index is 252. The maximum Gasteiger partial charge on any atom is 0.304 e. The second-order valence-corrected chi connectivity index (χ2v) is 4.15. The van der Waals surface area contributed by atoms with Gasteiger partial charge in [0, 0.05) is 5.92 Å². The van der Waals surface area contributed by atoms with E-state index in [1.165, 1.54) is 0 Å². The molecule has 2 aliphatic rings. The Morgan fingerprint density at radius 1 is 1.46 bits per heavy atom. The molecule has 0 aliphatic heterocycles. The first-order valence-electron chi connectivity index (χ1n) is 4.60. The van der Waals surface area contributed by atoms with Crippen LogP contribution in [-0.4, -0.2) is 17.0 Å². The summed E-state index contributed by atoms with van der Waals surface area (Å²) < 4.78 is 26.5. The predicted octanol–water partition coefficient (Wildman–Crippen LogP) is 2.29. The van der Waals surface area contributed by atoms with E-state index in [0.717, 1.165) is 12.8 Å². The molecule has 0 aromatic rings. The molecule has 0 bridgehead atoms. The molecule has 2 nitrogen and oxygen atoms in total. The van der Waals surface area contributed by atoms with Crippen molar-refractivity contribution in [3.05, 3.63) is 0 Å². The molecule has 2 atom stereocenters. The van der Waals surface area contributed by atoms with Crippen molar-refractivity contribution < 1.29 is 18.7 Å². The zero-order chi connectivity index (χ0) is 9.69. The smallest absolute Gasteiger partial charge is 0.304 e. The monoisotopic (exact) mass is 190 g/mol. The van der Waals surface area contributed by atoms with Crippen molar-refractivity contribution in [2.24, 2.45) is 11.3 Å². The van der Waals surface area contributed by atoms with E-state index in [1.807, 2.05) is 0 Å².